The number of anilines is 1. The van der Waals surface area contributed by atoms with E-state index in [2.05, 4.69) is 16.7 Å². The van der Waals surface area contributed by atoms with E-state index >= 15 is 0 Å². The maximum Gasteiger partial charge on any atom is 0.254 e. The van der Waals surface area contributed by atoms with Crippen LogP contribution in [0.25, 0.3) is 0 Å². The Morgan fingerprint density at radius 2 is 2.00 bits per heavy atom. The van der Waals surface area contributed by atoms with Crippen molar-refractivity contribution < 1.29 is 18.7 Å². The smallest absolute Gasteiger partial charge is 0.254 e. The predicted molar refractivity (Wildman–Crippen MR) is 105 cm³/mol. The number of carbonyl (C=O) groups is 1. The molecule has 7 heteroatoms. The van der Waals surface area contributed by atoms with Crippen LogP contribution in [0.5, 0.6) is 0 Å². The average Bonchev–Trinajstić information content (AvgIpc) is 2.74. The van der Waals surface area contributed by atoms with Gasteiger partial charge >= 0.3 is 0 Å². The minimum atomic E-state index is -0.399. The number of hydrogen-bond acceptors (Lipinski definition) is 5. The molecule has 1 aromatic carbocycles. The number of benzene rings is 1. The number of carbonyl (C=O) groups excluding carboxylic acids is 1. The van der Waals surface area contributed by atoms with E-state index in [-0.39, 0.29) is 11.7 Å². The average molecular weight is 391 g/mol. The molecule has 1 amide bonds. The van der Waals surface area contributed by atoms with E-state index in [0.717, 1.165) is 52.2 Å². The first-order chi connectivity index (χ1) is 13.6. The van der Waals surface area contributed by atoms with Gasteiger partial charge in [0.05, 0.1) is 25.4 Å². The summed E-state index contributed by atoms with van der Waals surface area (Å²) in [6.07, 6.45) is 1.84. The van der Waals surface area contributed by atoms with Gasteiger partial charge in [-0.15, -0.1) is 0 Å². The summed E-state index contributed by atoms with van der Waals surface area (Å²) in [6.45, 7) is 9.47. The van der Waals surface area contributed by atoms with Crippen LogP contribution in [-0.4, -0.2) is 86.9 Å². The predicted octanol–water partition coefficient (Wildman–Crippen LogP) is 1.99. The largest absolute Gasteiger partial charge is 0.378 e. The van der Waals surface area contributed by atoms with Crippen molar-refractivity contribution in [2.75, 3.05) is 70.5 Å². The lowest BCUT2D eigenvalue weighted by atomic mass is 9.94. The molecule has 0 bridgehead atoms. The topological polar surface area (TPSA) is 45.2 Å². The van der Waals surface area contributed by atoms with Gasteiger partial charge in [-0.25, -0.2) is 4.39 Å². The summed E-state index contributed by atoms with van der Waals surface area (Å²) in [5.41, 5.74) is 0.595. The molecule has 1 spiro atoms. The Labute approximate surface area is 166 Å². The summed E-state index contributed by atoms with van der Waals surface area (Å²) in [5, 5.41) is 0. The number of rotatable bonds is 3. The Balaban J connectivity index is 1.44. The van der Waals surface area contributed by atoms with Crippen molar-refractivity contribution in [3.63, 3.8) is 0 Å². The summed E-state index contributed by atoms with van der Waals surface area (Å²) < 4.78 is 26.4. The van der Waals surface area contributed by atoms with Crippen LogP contribution < -0.4 is 4.90 Å². The van der Waals surface area contributed by atoms with Crippen molar-refractivity contribution >= 4 is 11.6 Å². The molecule has 0 aliphatic carbocycles. The molecule has 4 rings (SSSR count). The molecule has 0 N–H and O–H groups in total. The van der Waals surface area contributed by atoms with E-state index in [0.29, 0.717) is 37.6 Å². The summed E-state index contributed by atoms with van der Waals surface area (Å²) in [7, 11) is 0. The first-order valence-corrected chi connectivity index (χ1v) is 10.4. The zero-order valence-electron chi connectivity index (χ0n) is 16.7. The first-order valence-electron chi connectivity index (χ1n) is 10.4. The van der Waals surface area contributed by atoms with Crippen LogP contribution in [0.4, 0.5) is 10.1 Å². The SMILES string of the molecule is CCN1CCN(c2ccc(C(=O)N3CCOC4(CCCOC4)C3)cc2F)CC1. The van der Waals surface area contributed by atoms with Gasteiger partial charge in [0.15, 0.2) is 0 Å². The fourth-order valence-corrected chi connectivity index (χ4v) is 4.47. The van der Waals surface area contributed by atoms with Gasteiger partial charge in [0, 0.05) is 44.9 Å². The molecule has 3 heterocycles. The van der Waals surface area contributed by atoms with Crippen molar-refractivity contribution in [2.24, 2.45) is 0 Å². The third-order valence-corrected chi connectivity index (χ3v) is 6.18. The number of ether oxygens (including phenoxy) is 2. The second-order valence-corrected chi connectivity index (χ2v) is 8.00. The number of amides is 1. The zero-order valence-corrected chi connectivity index (χ0v) is 16.7. The molecule has 1 unspecified atom stereocenters. The minimum absolute atomic E-state index is 0.130. The Bertz CT molecular complexity index is 695. The fourth-order valence-electron chi connectivity index (χ4n) is 4.47. The van der Waals surface area contributed by atoms with Crippen LogP contribution in [0.2, 0.25) is 0 Å². The first kappa shape index (κ1) is 19.6. The van der Waals surface area contributed by atoms with Crippen molar-refractivity contribution in [3.05, 3.63) is 29.6 Å². The fraction of sp³-hybridized carbons (Fsp3) is 0.667. The maximum absolute atomic E-state index is 14.8. The molecule has 28 heavy (non-hydrogen) atoms. The number of nitrogens with zero attached hydrogens (tertiary/aromatic N) is 3. The number of morpholine rings is 1. The maximum atomic E-state index is 14.8. The lowest BCUT2D eigenvalue weighted by molar-refractivity contribution is -0.160. The molecule has 0 radical (unpaired) electrons. The van der Waals surface area contributed by atoms with E-state index in [4.69, 9.17) is 9.47 Å². The molecule has 0 aromatic heterocycles. The highest BCUT2D eigenvalue weighted by atomic mass is 19.1. The molecule has 1 atom stereocenters. The van der Waals surface area contributed by atoms with E-state index in [1.165, 1.54) is 6.07 Å². The van der Waals surface area contributed by atoms with E-state index in [1.54, 1.807) is 17.0 Å². The van der Waals surface area contributed by atoms with Crippen LogP contribution in [0.3, 0.4) is 0 Å². The van der Waals surface area contributed by atoms with Crippen molar-refractivity contribution in [2.45, 2.75) is 25.4 Å². The third-order valence-electron chi connectivity index (χ3n) is 6.18. The van der Waals surface area contributed by atoms with Crippen molar-refractivity contribution in [3.8, 4) is 0 Å². The van der Waals surface area contributed by atoms with Crippen LogP contribution in [0.1, 0.15) is 30.1 Å². The highest BCUT2D eigenvalue weighted by Gasteiger charge is 2.40. The number of piperazine rings is 1. The lowest BCUT2D eigenvalue weighted by Gasteiger charge is -2.44. The summed E-state index contributed by atoms with van der Waals surface area (Å²) in [4.78, 5) is 19.2. The van der Waals surface area contributed by atoms with Gasteiger partial charge in [-0.3, -0.25) is 4.79 Å². The molecular formula is C21H30FN3O3. The Morgan fingerprint density at radius 3 is 2.68 bits per heavy atom. The molecule has 6 nitrogen and oxygen atoms in total. The monoisotopic (exact) mass is 391 g/mol. The molecular weight excluding hydrogens is 361 g/mol. The van der Waals surface area contributed by atoms with E-state index in [9.17, 15) is 9.18 Å². The molecule has 3 saturated heterocycles. The third kappa shape index (κ3) is 4.02. The highest BCUT2D eigenvalue weighted by Crippen LogP contribution is 2.29. The van der Waals surface area contributed by atoms with Gasteiger partial charge in [0.2, 0.25) is 0 Å². The summed E-state index contributed by atoms with van der Waals surface area (Å²) >= 11 is 0. The zero-order chi connectivity index (χ0) is 19.6. The van der Waals surface area contributed by atoms with Gasteiger partial charge in [-0.1, -0.05) is 6.92 Å². The summed E-state index contributed by atoms with van der Waals surface area (Å²) in [5.74, 6) is -0.450. The van der Waals surface area contributed by atoms with Crippen LogP contribution in [0, 0.1) is 5.82 Å². The second kappa shape index (κ2) is 8.35. The van der Waals surface area contributed by atoms with Gasteiger partial charge in [-0.2, -0.15) is 0 Å². The molecule has 3 aliphatic heterocycles. The van der Waals surface area contributed by atoms with Gasteiger partial charge < -0.3 is 24.2 Å². The number of hydrogen-bond donors (Lipinski definition) is 0. The van der Waals surface area contributed by atoms with Gasteiger partial charge in [0.25, 0.3) is 5.91 Å². The lowest BCUT2D eigenvalue weighted by Crippen LogP contribution is -2.57. The molecule has 1 aromatic rings. The van der Waals surface area contributed by atoms with Crippen LogP contribution in [-0.2, 0) is 9.47 Å². The normalized spacial score (nSPS) is 26.6. The highest BCUT2D eigenvalue weighted by molar-refractivity contribution is 5.94. The standard InChI is InChI=1S/C21H30FN3O3/c1-2-23-7-9-24(10-8-23)19-5-4-17(14-18(19)22)20(26)25-11-13-28-21(15-25)6-3-12-27-16-21/h4-5,14H,2-3,6-13,15-16H2,1H3. The Morgan fingerprint density at radius 1 is 1.18 bits per heavy atom. The minimum Gasteiger partial charge on any atom is -0.378 e. The number of likely N-dealkylation sites (N-methyl/N-ethyl adjacent to an activating group) is 1. The number of halogens is 1. The molecule has 3 fully saturated rings. The summed E-state index contributed by atoms with van der Waals surface area (Å²) in [6, 6.07) is 4.90. The van der Waals surface area contributed by atoms with Crippen molar-refractivity contribution in [1.82, 2.24) is 9.80 Å². The van der Waals surface area contributed by atoms with Crippen LogP contribution in [0.15, 0.2) is 18.2 Å². The van der Waals surface area contributed by atoms with Gasteiger partial charge in [0.1, 0.15) is 11.4 Å². The van der Waals surface area contributed by atoms with Gasteiger partial charge in [-0.05, 0) is 37.6 Å². The van der Waals surface area contributed by atoms with E-state index < -0.39 is 5.60 Å². The van der Waals surface area contributed by atoms with E-state index in [1.807, 2.05) is 0 Å². The molecule has 154 valence electrons. The Kier molecular flexibility index (Phi) is 5.85. The molecule has 0 saturated carbocycles. The second-order valence-electron chi connectivity index (χ2n) is 8.00. The molecule has 3 aliphatic rings. The van der Waals surface area contributed by atoms with Crippen LogP contribution >= 0.6 is 0 Å². The quantitative estimate of drug-likeness (QED) is 0.789. The van der Waals surface area contributed by atoms with Crippen molar-refractivity contribution in [1.29, 1.82) is 0 Å². The Hall–Kier alpha value is -1.70.